The van der Waals surface area contributed by atoms with Gasteiger partial charge in [0.15, 0.2) is 0 Å². The number of benzene rings is 24. The molecule has 28 aromatic rings. The Bertz CT molecular complexity index is 9170. The second kappa shape index (κ2) is 28.3. The molecule has 0 spiro atoms. The summed E-state index contributed by atoms with van der Waals surface area (Å²) in [5.74, 6) is 0. The highest BCUT2D eigenvalue weighted by molar-refractivity contribution is 6.31. The molecule has 0 unspecified atom stereocenters. The molecule has 4 aromatic heterocycles. The van der Waals surface area contributed by atoms with Crippen LogP contribution >= 0.6 is 0 Å². The number of fused-ring (bicyclic) bond motifs is 26. The highest BCUT2D eigenvalue weighted by Crippen LogP contribution is 2.53. The van der Waals surface area contributed by atoms with E-state index in [0.29, 0.717) is 0 Å². The number of hydrogen-bond acceptors (Lipinski definition) is 4. The van der Waals surface area contributed by atoms with Gasteiger partial charge in [0.05, 0.1) is 0 Å². The number of hydrogen-bond donors (Lipinski definition) is 0. The number of rotatable bonds is 8. The van der Waals surface area contributed by atoms with Gasteiger partial charge in [0.1, 0.15) is 44.7 Å². The molecule has 0 fully saturated rings. The maximum atomic E-state index is 6.50. The Balaban J connectivity index is 0.000000132. The minimum Gasteiger partial charge on any atom is -0.456 e. The minimum atomic E-state index is 0.897. The second-order valence-electron chi connectivity index (χ2n) is 34.1. The Hall–Kier alpha value is -16.9. The summed E-state index contributed by atoms with van der Waals surface area (Å²) in [5.41, 5.74) is 26.4. The molecule has 0 N–H and O–H groups in total. The lowest BCUT2D eigenvalue weighted by atomic mass is 9.83. The van der Waals surface area contributed by atoms with E-state index >= 15 is 0 Å². The molecule has 0 aliphatic carbocycles. The predicted octanol–water partition coefficient (Wildman–Crippen LogP) is 35.8. The van der Waals surface area contributed by atoms with E-state index in [1.807, 2.05) is 12.1 Å². The summed E-state index contributed by atoms with van der Waals surface area (Å²) in [6, 6.07) is 159. The van der Waals surface area contributed by atoms with Gasteiger partial charge in [-0.25, -0.2) is 0 Å². The molecule has 592 valence electrons. The molecule has 128 heavy (non-hydrogen) atoms. The van der Waals surface area contributed by atoms with Crippen LogP contribution in [0.15, 0.2) is 454 Å². The van der Waals surface area contributed by atoms with Crippen molar-refractivity contribution in [3.8, 4) is 89.0 Å². The first-order chi connectivity index (χ1) is 63.5. The molecule has 0 atom stereocenters. The van der Waals surface area contributed by atoms with Crippen molar-refractivity contribution in [2.24, 2.45) is 0 Å². The van der Waals surface area contributed by atoms with Gasteiger partial charge < -0.3 is 17.7 Å². The van der Waals surface area contributed by atoms with Gasteiger partial charge in [0, 0.05) is 53.9 Å². The lowest BCUT2D eigenvalue weighted by Gasteiger charge is -2.20. The zero-order chi connectivity index (χ0) is 83.8. The van der Waals surface area contributed by atoms with Gasteiger partial charge in [-0.3, -0.25) is 0 Å². The van der Waals surface area contributed by atoms with Gasteiger partial charge in [-0.05, 0) is 271 Å². The van der Waals surface area contributed by atoms with Crippen LogP contribution in [0.4, 0.5) is 0 Å². The van der Waals surface area contributed by atoms with Gasteiger partial charge in [-0.15, -0.1) is 0 Å². The number of para-hydroxylation sites is 4. The minimum absolute atomic E-state index is 0.897. The van der Waals surface area contributed by atoms with E-state index < -0.39 is 0 Å². The summed E-state index contributed by atoms with van der Waals surface area (Å²) in [7, 11) is 0. The quantitative estimate of drug-likeness (QED) is 0.142. The van der Waals surface area contributed by atoms with Crippen LogP contribution < -0.4 is 0 Å². The van der Waals surface area contributed by atoms with Crippen molar-refractivity contribution in [3.63, 3.8) is 0 Å². The van der Waals surface area contributed by atoms with E-state index in [4.69, 9.17) is 17.7 Å². The molecule has 4 heterocycles. The first-order valence-electron chi connectivity index (χ1n) is 44.0. The zero-order valence-corrected chi connectivity index (χ0v) is 69.2. The van der Waals surface area contributed by atoms with E-state index in [1.165, 1.54) is 197 Å². The average Bonchev–Trinajstić information content (AvgIpc) is 1.21. The third kappa shape index (κ3) is 11.0. The molecule has 4 heteroatoms. The first-order valence-corrected chi connectivity index (χ1v) is 44.0. The van der Waals surface area contributed by atoms with E-state index in [0.717, 1.165) is 87.8 Å². The summed E-state index contributed by atoms with van der Waals surface area (Å²) >= 11 is 0. The van der Waals surface area contributed by atoms with Crippen LogP contribution in [0.5, 0.6) is 0 Å². The molecule has 24 aromatic carbocycles. The standard InChI is InChI=1S/2C62H36O2/c1-2-14-37(15-3-1)51-35-41(34-40-16-4-5-19-42(40)51)58-47-26-12-22-43(45-24-10-17-38-30-32-56-61(59(38)45)49-20-6-8-28-54(49)63-56)52(47)36-53-44(23-13-27-48(53)58)46-25-11-18-39-31-33-57-62(60(39)46)50-21-7-9-29-55(50)64-57;1-2-14-37(15-3-1)53-35-39(34-38-16-4-5-17-40(38)53)60-49-26-12-22-43(41-20-10-24-47-45(41)30-32-58-61(47)51-18-6-8-28-56(51)63-58)54(49)36-55-44(23-13-27-50(55)60)42-21-11-25-48-46(42)31-33-59-62(48)52-19-7-9-29-57(52)64-59/h2*1-36H. The maximum Gasteiger partial charge on any atom is 0.136 e. The van der Waals surface area contributed by atoms with E-state index in [1.54, 1.807) is 0 Å². The Kier molecular flexibility index (Phi) is 15.8. The SMILES string of the molecule is c1ccc(-c2cc(-c3c4cccc(-c5cccc6c5ccc5oc7ccccc7c56)c4cc4c(-c5cccc6c5ccc5oc7ccccc7c56)cccc34)cc3ccccc23)cc1.c1ccc(-c2cc(-c3c4cccc(-c5cccc6ccc7oc8ccccc8c7c56)c4cc4c(-c5cccc6ccc7oc8ccccc8c7c56)cccc34)cc3ccccc23)cc1. The van der Waals surface area contributed by atoms with Crippen molar-refractivity contribution < 1.29 is 17.7 Å². The van der Waals surface area contributed by atoms with Crippen LogP contribution in [0.1, 0.15) is 0 Å². The summed E-state index contributed by atoms with van der Waals surface area (Å²) in [4.78, 5) is 0. The monoisotopic (exact) mass is 1620 g/mol. The van der Waals surface area contributed by atoms with Gasteiger partial charge >= 0.3 is 0 Å². The third-order valence-corrected chi connectivity index (χ3v) is 27.3. The topological polar surface area (TPSA) is 52.6 Å². The van der Waals surface area contributed by atoms with Crippen molar-refractivity contribution in [2.75, 3.05) is 0 Å². The van der Waals surface area contributed by atoms with Crippen LogP contribution in [0.25, 0.3) is 284 Å². The lowest BCUT2D eigenvalue weighted by Crippen LogP contribution is -1.93. The molecular formula is C124H72O4. The molecular weight excluding hydrogens is 1550 g/mol. The molecule has 0 saturated carbocycles. The smallest absolute Gasteiger partial charge is 0.136 e. The lowest BCUT2D eigenvalue weighted by molar-refractivity contribution is 0.669. The highest BCUT2D eigenvalue weighted by atomic mass is 16.3. The van der Waals surface area contributed by atoms with E-state index in [2.05, 4.69) is 425 Å². The molecule has 4 nitrogen and oxygen atoms in total. The summed E-state index contributed by atoms with van der Waals surface area (Å²) in [6.45, 7) is 0. The fourth-order valence-corrected chi connectivity index (χ4v) is 21.8. The van der Waals surface area contributed by atoms with E-state index in [-0.39, 0.29) is 0 Å². The largest absolute Gasteiger partial charge is 0.456 e. The maximum absolute atomic E-state index is 6.50. The van der Waals surface area contributed by atoms with Crippen molar-refractivity contribution in [2.45, 2.75) is 0 Å². The third-order valence-electron chi connectivity index (χ3n) is 27.3. The Morgan fingerprint density at radius 1 is 0.109 bits per heavy atom. The summed E-state index contributed by atoms with van der Waals surface area (Å²) in [6.07, 6.45) is 0. The van der Waals surface area contributed by atoms with Crippen molar-refractivity contribution >= 4 is 195 Å². The highest BCUT2D eigenvalue weighted by Gasteiger charge is 2.26. The number of furan rings is 4. The van der Waals surface area contributed by atoms with Gasteiger partial charge in [-0.2, -0.15) is 0 Å². The molecule has 28 rings (SSSR count). The van der Waals surface area contributed by atoms with E-state index in [9.17, 15) is 0 Å². The zero-order valence-electron chi connectivity index (χ0n) is 69.2. The molecule has 0 amide bonds. The summed E-state index contributed by atoms with van der Waals surface area (Å²) < 4.78 is 25.8. The molecule has 0 aliphatic rings. The summed E-state index contributed by atoms with van der Waals surface area (Å²) in [5, 5.41) is 33.3. The first kappa shape index (κ1) is 71.6. The molecule has 0 bridgehead atoms. The average molecular weight is 1630 g/mol. The Morgan fingerprint density at radius 3 is 0.750 bits per heavy atom. The van der Waals surface area contributed by atoms with Gasteiger partial charge in [0.2, 0.25) is 0 Å². The van der Waals surface area contributed by atoms with Gasteiger partial charge in [-0.1, -0.05) is 352 Å². The van der Waals surface area contributed by atoms with Crippen molar-refractivity contribution in [3.05, 3.63) is 437 Å². The van der Waals surface area contributed by atoms with Crippen LogP contribution in [0, 0.1) is 0 Å². The van der Waals surface area contributed by atoms with Gasteiger partial charge in [0.25, 0.3) is 0 Å². The fraction of sp³-hybridized carbons (Fsp3) is 0. The van der Waals surface area contributed by atoms with Crippen molar-refractivity contribution in [1.82, 2.24) is 0 Å². The second-order valence-corrected chi connectivity index (χ2v) is 34.1. The predicted molar refractivity (Wildman–Crippen MR) is 541 cm³/mol. The Morgan fingerprint density at radius 2 is 0.375 bits per heavy atom. The van der Waals surface area contributed by atoms with Crippen LogP contribution in [-0.4, -0.2) is 0 Å². The molecule has 0 radical (unpaired) electrons. The van der Waals surface area contributed by atoms with Crippen LogP contribution in [0.2, 0.25) is 0 Å². The molecule has 0 aliphatic heterocycles. The van der Waals surface area contributed by atoms with Crippen molar-refractivity contribution in [1.29, 1.82) is 0 Å². The van der Waals surface area contributed by atoms with Crippen LogP contribution in [-0.2, 0) is 0 Å². The fourth-order valence-electron chi connectivity index (χ4n) is 21.8. The normalized spacial score (nSPS) is 12.1. The van der Waals surface area contributed by atoms with Crippen LogP contribution in [0.3, 0.4) is 0 Å². The molecule has 0 saturated heterocycles. The Labute approximate surface area is 733 Å².